The van der Waals surface area contributed by atoms with Crippen LogP contribution >= 0.6 is 0 Å². The summed E-state index contributed by atoms with van der Waals surface area (Å²) in [6.07, 6.45) is 0. The Morgan fingerprint density at radius 1 is 1.29 bits per heavy atom. The zero-order valence-corrected chi connectivity index (χ0v) is 13.8. The highest BCUT2D eigenvalue weighted by Crippen LogP contribution is 2.24. The molecule has 1 amide bonds. The van der Waals surface area contributed by atoms with Crippen molar-refractivity contribution in [1.29, 1.82) is 0 Å². The molecule has 5 nitrogen and oxygen atoms in total. The van der Waals surface area contributed by atoms with Crippen LogP contribution < -0.4 is 5.32 Å². The lowest BCUT2D eigenvalue weighted by Crippen LogP contribution is -2.57. The predicted octanol–water partition coefficient (Wildman–Crippen LogP) is 1.16. The molecule has 3 rings (SSSR count). The summed E-state index contributed by atoms with van der Waals surface area (Å²) in [6.45, 7) is 6.18. The Balaban J connectivity index is 1.57. The largest absolute Gasteiger partial charge is 0.378 e. The van der Waals surface area contributed by atoms with E-state index in [-0.39, 0.29) is 18.0 Å². The molecule has 0 aliphatic carbocycles. The van der Waals surface area contributed by atoms with Gasteiger partial charge in [0.2, 0.25) is 5.91 Å². The van der Waals surface area contributed by atoms with Gasteiger partial charge in [-0.25, -0.2) is 8.78 Å². The van der Waals surface area contributed by atoms with Crippen molar-refractivity contribution in [2.45, 2.75) is 19.0 Å². The van der Waals surface area contributed by atoms with Crippen LogP contribution in [-0.2, 0) is 9.53 Å². The minimum absolute atomic E-state index is 0.0648. The van der Waals surface area contributed by atoms with Crippen molar-refractivity contribution in [2.75, 3.05) is 45.9 Å². The molecule has 2 saturated heterocycles. The van der Waals surface area contributed by atoms with Crippen LogP contribution in [0, 0.1) is 11.6 Å². The van der Waals surface area contributed by atoms with E-state index in [1.807, 2.05) is 11.8 Å². The summed E-state index contributed by atoms with van der Waals surface area (Å²) in [5.41, 5.74) is 0.485. The number of benzene rings is 1. The molecule has 0 radical (unpaired) electrons. The average Bonchev–Trinajstić information content (AvgIpc) is 2.61. The molecule has 2 fully saturated rings. The number of carbonyl (C=O) groups is 1. The lowest BCUT2D eigenvalue weighted by atomic mass is 10.0. The van der Waals surface area contributed by atoms with Crippen molar-refractivity contribution in [2.24, 2.45) is 0 Å². The summed E-state index contributed by atoms with van der Waals surface area (Å²) in [6, 6.07) is 3.27. The molecule has 0 spiro atoms. The maximum Gasteiger partial charge on any atom is 0.242 e. The van der Waals surface area contributed by atoms with Crippen LogP contribution in [0.5, 0.6) is 0 Å². The molecule has 2 heterocycles. The summed E-state index contributed by atoms with van der Waals surface area (Å²) in [4.78, 5) is 16.4. The average molecular weight is 339 g/mol. The van der Waals surface area contributed by atoms with Gasteiger partial charge in [0.1, 0.15) is 17.7 Å². The molecule has 1 N–H and O–H groups in total. The quantitative estimate of drug-likeness (QED) is 0.898. The van der Waals surface area contributed by atoms with E-state index >= 15 is 0 Å². The molecule has 7 heteroatoms. The fourth-order valence-corrected chi connectivity index (χ4v) is 3.31. The molecule has 0 aromatic heterocycles. The van der Waals surface area contributed by atoms with Gasteiger partial charge in [-0.15, -0.1) is 0 Å². The Labute approximate surface area is 140 Å². The number of ether oxygens (including phenoxy) is 1. The number of hydrogen-bond acceptors (Lipinski definition) is 4. The molecule has 2 atom stereocenters. The number of morpholine rings is 1. The van der Waals surface area contributed by atoms with Crippen LogP contribution in [0.1, 0.15) is 18.5 Å². The van der Waals surface area contributed by atoms with Gasteiger partial charge in [0.15, 0.2) is 0 Å². The third kappa shape index (κ3) is 3.74. The van der Waals surface area contributed by atoms with Crippen LogP contribution in [-0.4, -0.2) is 67.7 Å². The third-order valence-electron chi connectivity index (χ3n) is 4.81. The molecular formula is C17H23F2N3O2. The number of piperazine rings is 1. The monoisotopic (exact) mass is 339 g/mol. The predicted molar refractivity (Wildman–Crippen MR) is 85.5 cm³/mol. The van der Waals surface area contributed by atoms with E-state index in [1.165, 1.54) is 12.1 Å². The van der Waals surface area contributed by atoms with E-state index in [4.69, 9.17) is 4.74 Å². The normalized spacial score (nSPS) is 24.0. The maximum atomic E-state index is 14.0. The number of rotatable bonds is 3. The van der Waals surface area contributed by atoms with Crippen molar-refractivity contribution >= 4 is 5.91 Å². The molecule has 2 aliphatic rings. The third-order valence-corrected chi connectivity index (χ3v) is 4.81. The van der Waals surface area contributed by atoms with Gasteiger partial charge in [-0.2, -0.15) is 0 Å². The first-order valence-corrected chi connectivity index (χ1v) is 8.35. The summed E-state index contributed by atoms with van der Waals surface area (Å²) in [7, 11) is 0. The van der Waals surface area contributed by atoms with Crippen LogP contribution in [0.25, 0.3) is 0 Å². The SMILES string of the molecule is CC(c1ccc(F)cc1F)N1CCN(C(=O)C2COCCN2)CC1. The van der Waals surface area contributed by atoms with Crippen molar-refractivity contribution in [3.05, 3.63) is 35.4 Å². The first-order chi connectivity index (χ1) is 11.6. The number of amides is 1. The Bertz CT molecular complexity index is 585. The Morgan fingerprint density at radius 3 is 2.67 bits per heavy atom. The highest BCUT2D eigenvalue weighted by molar-refractivity contribution is 5.82. The zero-order chi connectivity index (χ0) is 17.1. The first-order valence-electron chi connectivity index (χ1n) is 8.35. The number of halogens is 2. The van der Waals surface area contributed by atoms with Crippen LogP contribution in [0.15, 0.2) is 18.2 Å². The molecular weight excluding hydrogens is 316 g/mol. The molecule has 0 saturated carbocycles. The van der Waals surface area contributed by atoms with Gasteiger partial charge in [0, 0.05) is 50.4 Å². The Hall–Kier alpha value is -1.57. The lowest BCUT2D eigenvalue weighted by molar-refractivity contribution is -0.138. The molecule has 2 unspecified atom stereocenters. The zero-order valence-electron chi connectivity index (χ0n) is 13.8. The molecule has 1 aromatic rings. The molecule has 1 aromatic carbocycles. The summed E-state index contributed by atoms with van der Waals surface area (Å²) in [5, 5.41) is 3.17. The number of carbonyl (C=O) groups excluding carboxylic acids is 1. The van der Waals surface area contributed by atoms with Crippen LogP contribution in [0.4, 0.5) is 8.78 Å². The molecule has 2 aliphatic heterocycles. The van der Waals surface area contributed by atoms with Crippen LogP contribution in [0.2, 0.25) is 0 Å². The first kappa shape index (κ1) is 17.3. The van der Waals surface area contributed by atoms with Crippen LogP contribution in [0.3, 0.4) is 0 Å². The topological polar surface area (TPSA) is 44.8 Å². The highest BCUT2D eigenvalue weighted by Gasteiger charge is 2.30. The minimum Gasteiger partial charge on any atom is -0.378 e. The Morgan fingerprint density at radius 2 is 2.04 bits per heavy atom. The standard InChI is InChI=1S/C17H23F2N3O2/c1-12(14-3-2-13(18)10-15(14)19)21-5-7-22(8-6-21)17(23)16-11-24-9-4-20-16/h2-3,10,12,16,20H,4-9,11H2,1H3. The lowest BCUT2D eigenvalue weighted by Gasteiger charge is -2.39. The number of hydrogen-bond donors (Lipinski definition) is 1. The minimum atomic E-state index is -0.568. The molecule has 132 valence electrons. The van der Waals surface area contributed by atoms with Gasteiger partial charge in [-0.05, 0) is 13.0 Å². The van der Waals surface area contributed by atoms with Crippen molar-refractivity contribution in [3.8, 4) is 0 Å². The van der Waals surface area contributed by atoms with E-state index in [0.717, 1.165) is 6.07 Å². The molecule has 24 heavy (non-hydrogen) atoms. The Kier molecular flexibility index (Phi) is 5.43. The fourth-order valence-electron chi connectivity index (χ4n) is 3.31. The summed E-state index contributed by atoms with van der Waals surface area (Å²) >= 11 is 0. The second-order valence-electron chi connectivity index (χ2n) is 6.28. The van der Waals surface area contributed by atoms with E-state index < -0.39 is 11.6 Å². The highest BCUT2D eigenvalue weighted by atomic mass is 19.1. The fraction of sp³-hybridized carbons (Fsp3) is 0.588. The second kappa shape index (κ2) is 7.55. The summed E-state index contributed by atoms with van der Waals surface area (Å²) < 4.78 is 32.3. The van der Waals surface area contributed by atoms with Crippen molar-refractivity contribution in [3.63, 3.8) is 0 Å². The molecule has 0 bridgehead atoms. The van der Waals surface area contributed by atoms with E-state index in [2.05, 4.69) is 10.2 Å². The summed E-state index contributed by atoms with van der Waals surface area (Å²) in [5.74, 6) is -1.03. The second-order valence-corrected chi connectivity index (χ2v) is 6.28. The van der Waals surface area contributed by atoms with Gasteiger partial charge in [0.05, 0.1) is 13.2 Å². The van der Waals surface area contributed by atoms with E-state index in [1.54, 1.807) is 0 Å². The van der Waals surface area contributed by atoms with Gasteiger partial charge in [-0.3, -0.25) is 9.69 Å². The van der Waals surface area contributed by atoms with Crippen molar-refractivity contribution in [1.82, 2.24) is 15.1 Å². The van der Waals surface area contributed by atoms with E-state index in [0.29, 0.717) is 51.5 Å². The number of nitrogens with one attached hydrogen (secondary N) is 1. The van der Waals surface area contributed by atoms with Crippen molar-refractivity contribution < 1.29 is 18.3 Å². The van der Waals surface area contributed by atoms with E-state index in [9.17, 15) is 13.6 Å². The van der Waals surface area contributed by atoms with Gasteiger partial charge < -0.3 is 15.0 Å². The number of nitrogens with zero attached hydrogens (tertiary/aromatic N) is 2. The van der Waals surface area contributed by atoms with Gasteiger partial charge >= 0.3 is 0 Å². The smallest absolute Gasteiger partial charge is 0.242 e. The van der Waals surface area contributed by atoms with Gasteiger partial charge in [0.25, 0.3) is 0 Å². The van der Waals surface area contributed by atoms with Gasteiger partial charge in [-0.1, -0.05) is 6.07 Å². The maximum absolute atomic E-state index is 14.0.